The van der Waals surface area contributed by atoms with Crippen molar-refractivity contribution in [1.29, 1.82) is 0 Å². The topological polar surface area (TPSA) is 26.3 Å². The second kappa shape index (κ2) is 6.06. The van der Waals surface area contributed by atoms with Crippen molar-refractivity contribution >= 4 is 17.4 Å². The maximum Gasteiger partial charge on any atom is 0.150 e. The molecule has 2 rings (SSSR count). The molecule has 1 aliphatic rings. The molecule has 0 unspecified atom stereocenters. The number of ketones is 1. The summed E-state index contributed by atoms with van der Waals surface area (Å²) in [6.45, 7) is 0.433. The van der Waals surface area contributed by atoms with Crippen LogP contribution in [0.4, 0.5) is 0 Å². The highest BCUT2D eigenvalue weighted by Gasteiger charge is 2.13. The number of rotatable bonds is 5. The van der Waals surface area contributed by atoms with Crippen LogP contribution in [-0.2, 0) is 17.6 Å². The average Bonchev–Trinajstić information content (AvgIpc) is 2.39. The average molecular weight is 253 g/mol. The summed E-state index contributed by atoms with van der Waals surface area (Å²) in [6, 6.07) is 6.20. The molecule has 0 heterocycles. The van der Waals surface area contributed by atoms with Gasteiger partial charge in [-0.05, 0) is 42.9 Å². The lowest BCUT2D eigenvalue weighted by Crippen LogP contribution is -2.10. The van der Waals surface area contributed by atoms with Gasteiger partial charge in [-0.1, -0.05) is 12.1 Å². The molecule has 0 fully saturated rings. The Kier molecular flexibility index (Phi) is 4.43. The minimum absolute atomic E-state index is 0.0384. The van der Waals surface area contributed by atoms with Crippen LogP contribution in [0.3, 0.4) is 0 Å². The minimum atomic E-state index is 0.0384. The number of ether oxygens (including phenoxy) is 1. The third-order valence-electron chi connectivity index (χ3n) is 3.14. The van der Waals surface area contributed by atoms with Crippen LogP contribution in [0, 0.1) is 0 Å². The number of aryl methyl sites for hydroxylation is 1. The zero-order valence-electron chi connectivity index (χ0n) is 9.88. The predicted octanol–water partition coefficient (Wildman–Crippen LogP) is 3.14. The molecule has 0 bridgehead atoms. The lowest BCUT2D eigenvalue weighted by molar-refractivity contribution is -0.117. The Morgan fingerprint density at radius 2 is 2.12 bits per heavy atom. The Hall–Kier alpha value is -1.02. The van der Waals surface area contributed by atoms with Gasteiger partial charge in [-0.3, -0.25) is 4.79 Å². The van der Waals surface area contributed by atoms with Crippen molar-refractivity contribution in [2.75, 3.05) is 12.5 Å². The van der Waals surface area contributed by atoms with Crippen molar-refractivity contribution in [3.63, 3.8) is 0 Å². The van der Waals surface area contributed by atoms with Gasteiger partial charge in [0.05, 0.1) is 12.5 Å². The quantitative estimate of drug-likeness (QED) is 0.753. The van der Waals surface area contributed by atoms with Crippen LogP contribution in [0.5, 0.6) is 5.75 Å². The summed E-state index contributed by atoms with van der Waals surface area (Å²) < 4.78 is 5.70. The van der Waals surface area contributed by atoms with E-state index in [2.05, 4.69) is 6.07 Å². The summed E-state index contributed by atoms with van der Waals surface area (Å²) in [5.41, 5.74) is 2.73. The fourth-order valence-electron chi connectivity index (χ4n) is 2.22. The van der Waals surface area contributed by atoms with E-state index in [0.717, 1.165) is 18.6 Å². The summed E-state index contributed by atoms with van der Waals surface area (Å²) in [5.74, 6) is 1.07. The number of Topliss-reactive ketones (excluding diaryl/α,β-unsaturated/α-hetero) is 1. The van der Waals surface area contributed by atoms with E-state index in [4.69, 9.17) is 16.3 Å². The van der Waals surface area contributed by atoms with E-state index in [1.807, 2.05) is 12.1 Å². The van der Waals surface area contributed by atoms with Gasteiger partial charge in [0.25, 0.3) is 0 Å². The van der Waals surface area contributed by atoms with Crippen molar-refractivity contribution in [3.05, 3.63) is 29.3 Å². The Morgan fingerprint density at radius 3 is 2.94 bits per heavy atom. The molecule has 1 aromatic carbocycles. The molecule has 0 spiro atoms. The molecule has 17 heavy (non-hydrogen) atoms. The molecule has 1 aliphatic carbocycles. The maximum absolute atomic E-state index is 11.1. The van der Waals surface area contributed by atoms with Gasteiger partial charge < -0.3 is 4.74 Å². The molecular weight excluding hydrogens is 236 g/mol. The molecule has 0 N–H and O–H groups in total. The van der Waals surface area contributed by atoms with E-state index in [-0.39, 0.29) is 11.7 Å². The summed E-state index contributed by atoms with van der Waals surface area (Å²) in [7, 11) is 0. The zero-order valence-corrected chi connectivity index (χ0v) is 10.6. The Bertz CT molecular complexity index is 401. The molecule has 0 saturated carbocycles. The number of carbonyl (C=O) groups excluding carboxylic acids is 1. The highest BCUT2D eigenvalue weighted by molar-refractivity contribution is 6.27. The molecule has 0 atom stereocenters. The minimum Gasteiger partial charge on any atom is -0.493 e. The van der Waals surface area contributed by atoms with Crippen LogP contribution in [0.2, 0.25) is 0 Å². The van der Waals surface area contributed by atoms with Crippen LogP contribution >= 0.6 is 11.6 Å². The van der Waals surface area contributed by atoms with E-state index < -0.39 is 0 Å². The molecule has 0 radical (unpaired) electrons. The molecule has 0 saturated heterocycles. The molecular formula is C14H17ClO2. The van der Waals surface area contributed by atoms with Crippen LogP contribution in [0.1, 0.15) is 30.4 Å². The Morgan fingerprint density at radius 1 is 1.29 bits per heavy atom. The van der Waals surface area contributed by atoms with Crippen LogP contribution in [0.15, 0.2) is 18.2 Å². The van der Waals surface area contributed by atoms with Gasteiger partial charge in [0.1, 0.15) is 5.75 Å². The number of halogens is 1. The van der Waals surface area contributed by atoms with Crippen molar-refractivity contribution in [3.8, 4) is 5.75 Å². The summed E-state index contributed by atoms with van der Waals surface area (Å²) in [4.78, 5) is 11.1. The second-order valence-electron chi connectivity index (χ2n) is 4.37. The van der Waals surface area contributed by atoms with Crippen LogP contribution < -0.4 is 4.74 Å². The van der Waals surface area contributed by atoms with E-state index in [1.54, 1.807) is 0 Å². The van der Waals surface area contributed by atoms with Gasteiger partial charge in [-0.2, -0.15) is 0 Å². The monoisotopic (exact) mass is 252 g/mol. The smallest absolute Gasteiger partial charge is 0.150 e. The second-order valence-corrected chi connectivity index (χ2v) is 4.64. The van der Waals surface area contributed by atoms with Gasteiger partial charge in [0.2, 0.25) is 0 Å². The molecule has 3 heteroatoms. The van der Waals surface area contributed by atoms with Crippen molar-refractivity contribution in [1.82, 2.24) is 0 Å². The molecule has 1 aromatic rings. The van der Waals surface area contributed by atoms with Gasteiger partial charge in [-0.25, -0.2) is 0 Å². The first-order valence-electron chi connectivity index (χ1n) is 6.12. The highest BCUT2D eigenvalue weighted by atomic mass is 35.5. The lowest BCUT2D eigenvalue weighted by atomic mass is 9.91. The number of carbonyl (C=O) groups is 1. The van der Waals surface area contributed by atoms with Crippen molar-refractivity contribution in [2.24, 2.45) is 0 Å². The van der Waals surface area contributed by atoms with Crippen molar-refractivity contribution < 1.29 is 9.53 Å². The van der Waals surface area contributed by atoms with Crippen LogP contribution in [0.25, 0.3) is 0 Å². The fourth-order valence-corrected chi connectivity index (χ4v) is 2.36. The summed E-state index contributed by atoms with van der Waals surface area (Å²) >= 11 is 5.44. The largest absolute Gasteiger partial charge is 0.493 e. The normalized spacial score (nSPS) is 14.2. The first-order chi connectivity index (χ1) is 8.31. The first-order valence-corrected chi connectivity index (χ1v) is 6.66. The Balaban J connectivity index is 1.98. The molecule has 0 amide bonds. The zero-order chi connectivity index (χ0) is 12.1. The molecule has 2 nitrogen and oxygen atoms in total. The van der Waals surface area contributed by atoms with E-state index in [0.29, 0.717) is 13.0 Å². The number of hydrogen-bond acceptors (Lipinski definition) is 2. The van der Waals surface area contributed by atoms with Gasteiger partial charge in [0.15, 0.2) is 5.78 Å². The predicted molar refractivity (Wildman–Crippen MR) is 68.9 cm³/mol. The van der Waals surface area contributed by atoms with Gasteiger partial charge in [0, 0.05) is 6.42 Å². The lowest BCUT2D eigenvalue weighted by Gasteiger charge is -2.19. The van der Waals surface area contributed by atoms with Crippen molar-refractivity contribution in [2.45, 2.75) is 32.1 Å². The fraction of sp³-hybridized carbons (Fsp3) is 0.500. The van der Waals surface area contributed by atoms with E-state index in [1.165, 1.54) is 24.0 Å². The number of benzene rings is 1. The van der Waals surface area contributed by atoms with Gasteiger partial charge >= 0.3 is 0 Å². The maximum atomic E-state index is 11.1. The number of hydrogen-bond donors (Lipinski definition) is 0. The third kappa shape index (κ3) is 3.22. The highest BCUT2D eigenvalue weighted by Crippen LogP contribution is 2.29. The molecule has 0 aromatic heterocycles. The van der Waals surface area contributed by atoms with E-state index in [9.17, 15) is 4.79 Å². The third-order valence-corrected chi connectivity index (χ3v) is 3.44. The SMILES string of the molecule is O=C(CCl)CCOc1cccc2c1CCCC2. The first kappa shape index (κ1) is 12.4. The molecule has 0 aliphatic heterocycles. The number of fused-ring (bicyclic) bond motifs is 1. The molecule has 92 valence electrons. The Labute approximate surface area is 107 Å². The van der Waals surface area contributed by atoms with E-state index >= 15 is 0 Å². The van der Waals surface area contributed by atoms with Gasteiger partial charge in [-0.15, -0.1) is 11.6 Å². The summed E-state index contributed by atoms with van der Waals surface area (Å²) in [5, 5.41) is 0. The standard InChI is InChI=1S/C14H17ClO2/c15-10-12(16)8-9-17-14-7-3-5-11-4-1-2-6-13(11)14/h3,5,7H,1-2,4,6,8-10H2. The summed E-state index contributed by atoms with van der Waals surface area (Å²) in [6.07, 6.45) is 5.13. The number of alkyl halides is 1. The van der Waals surface area contributed by atoms with Crippen LogP contribution in [-0.4, -0.2) is 18.3 Å².